The number of thioether (sulfide) groups is 1. The number of rotatable bonds is 7. The van der Waals surface area contributed by atoms with Crippen molar-refractivity contribution in [3.05, 3.63) is 64.7 Å². The smallest absolute Gasteiger partial charge is 0.220 e. The van der Waals surface area contributed by atoms with E-state index in [4.69, 9.17) is 11.6 Å². The standard InChI is InChI=1S/C18H20ClNOS/c1-14-2-4-15(5-3-14)6-11-18(21)20-12-13-22-17-9-7-16(19)8-10-17/h2-5,7-10H,6,11-13H2,1H3,(H,20,21). The molecule has 2 nitrogen and oxygen atoms in total. The second-order valence-corrected chi connectivity index (χ2v) is 6.74. The summed E-state index contributed by atoms with van der Waals surface area (Å²) in [5, 5.41) is 3.70. The largest absolute Gasteiger partial charge is 0.355 e. The van der Waals surface area contributed by atoms with Gasteiger partial charge in [0.15, 0.2) is 0 Å². The normalized spacial score (nSPS) is 10.5. The van der Waals surface area contributed by atoms with Crippen LogP contribution >= 0.6 is 23.4 Å². The van der Waals surface area contributed by atoms with Crippen LogP contribution in [0, 0.1) is 6.92 Å². The molecule has 22 heavy (non-hydrogen) atoms. The quantitative estimate of drug-likeness (QED) is 0.597. The molecule has 0 spiro atoms. The van der Waals surface area contributed by atoms with Gasteiger partial charge in [0.05, 0.1) is 0 Å². The Morgan fingerprint density at radius 1 is 1.09 bits per heavy atom. The molecule has 116 valence electrons. The molecule has 4 heteroatoms. The predicted octanol–water partition coefficient (Wildman–Crippen LogP) is 4.49. The van der Waals surface area contributed by atoms with Crippen LogP contribution in [0.5, 0.6) is 0 Å². The van der Waals surface area contributed by atoms with Gasteiger partial charge in [-0.15, -0.1) is 11.8 Å². The molecule has 0 saturated carbocycles. The van der Waals surface area contributed by atoms with Crippen LogP contribution in [0.1, 0.15) is 17.5 Å². The minimum atomic E-state index is 0.109. The molecule has 0 unspecified atom stereocenters. The number of nitrogens with one attached hydrogen (secondary N) is 1. The van der Waals surface area contributed by atoms with Gasteiger partial charge in [0.1, 0.15) is 0 Å². The van der Waals surface area contributed by atoms with E-state index < -0.39 is 0 Å². The highest BCUT2D eigenvalue weighted by atomic mass is 35.5. The van der Waals surface area contributed by atoms with Crippen molar-refractivity contribution in [2.24, 2.45) is 0 Å². The van der Waals surface area contributed by atoms with Gasteiger partial charge in [-0.3, -0.25) is 4.79 Å². The van der Waals surface area contributed by atoms with E-state index in [1.807, 2.05) is 24.3 Å². The first-order valence-electron chi connectivity index (χ1n) is 7.34. The number of hydrogen-bond donors (Lipinski definition) is 1. The molecular weight excluding hydrogens is 314 g/mol. The molecule has 2 aromatic carbocycles. The van der Waals surface area contributed by atoms with Gasteiger partial charge in [-0.05, 0) is 43.2 Å². The van der Waals surface area contributed by atoms with E-state index in [2.05, 4.69) is 36.5 Å². The Balaban J connectivity index is 1.61. The van der Waals surface area contributed by atoms with Crippen molar-refractivity contribution < 1.29 is 4.79 Å². The summed E-state index contributed by atoms with van der Waals surface area (Å²) in [6.45, 7) is 2.74. The molecule has 0 fully saturated rings. The molecule has 0 atom stereocenters. The van der Waals surface area contributed by atoms with E-state index in [1.165, 1.54) is 16.0 Å². The maximum absolute atomic E-state index is 11.8. The van der Waals surface area contributed by atoms with E-state index in [9.17, 15) is 4.79 Å². The van der Waals surface area contributed by atoms with E-state index >= 15 is 0 Å². The SMILES string of the molecule is Cc1ccc(CCC(=O)NCCSc2ccc(Cl)cc2)cc1. The maximum atomic E-state index is 11.8. The van der Waals surface area contributed by atoms with Gasteiger partial charge in [-0.25, -0.2) is 0 Å². The number of amides is 1. The molecule has 2 rings (SSSR count). The molecule has 0 saturated heterocycles. The van der Waals surface area contributed by atoms with Gasteiger partial charge in [-0.1, -0.05) is 41.4 Å². The van der Waals surface area contributed by atoms with Crippen molar-refractivity contribution in [2.45, 2.75) is 24.7 Å². The number of halogens is 1. The van der Waals surface area contributed by atoms with Crippen molar-refractivity contribution in [1.29, 1.82) is 0 Å². The maximum Gasteiger partial charge on any atom is 0.220 e. The Morgan fingerprint density at radius 2 is 1.77 bits per heavy atom. The Morgan fingerprint density at radius 3 is 2.45 bits per heavy atom. The lowest BCUT2D eigenvalue weighted by Crippen LogP contribution is -2.25. The summed E-state index contributed by atoms with van der Waals surface area (Å²) >= 11 is 7.56. The van der Waals surface area contributed by atoms with Crippen LogP contribution in [0.2, 0.25) is 5.02 Å². The summed E-state index contributed by atoms with van der Waals surface area (Å²) in [5.74, 6) is 0.968. The molecular formula is C18H20ClNOS. The number of carbonyl (C=O) groups is 1. The first kappa shape index (κ1) is 16.9. The van der Waals surface area contributed by atoms with Gasteiger partial charge < -0.3 is 5.32 Å². The summed E-state index contributed by atoms with van der Waals surface area (Å²) < 4.78 is 0. The van der Waals surface area contributed by atoms with E-state index in [0.29, 0.717) is 13.0 Å². The fourth-order valence-electron chi connectivity index (χ4n) is 1.99. The van der Waals surface area contributed by atoms with Crippen LogP contribution in [0.4, 0.5) is 0 Å². The minimum absolute atomic E-state index is 0.109. The molecule has 1 amide bonds. The van der Waals surface area contributed by atoms with Crippen molar-refractivity contribution in [3.63, 3.8) is 0 Å². The van der Waals surface area contributed by atoms with Crippen LogP contribution in [0.15, 0.2) is 53.4 Å². The minimum Gasteiger partial charge on any atom is -0.355 e. The number of aryl methyl sites for hydroxylation is 2. The Labute approximate surface area is 141 Å². The number of carbonyl (C=O) groups excluding carboxylic acids is 1. The summed E-state index contributed by atoms with van der Waals surface area (Å²) in [4.78, 5) is 13.0. The molecule has 0 aromatic heterocycles. The zero-order valence-corrected chi connectivity index (χ0v) is 14.2. The first-order chi connectivity index (χ1) is 10.6. The van der Waals surface area contributed by atoms with Crippen molar-refractivity contribution in [1.82, 2.24) is 5.32 Å². The van der Waals surface area contributed by atoms with Crippen molar-refractivity contribution >= 4 is 29.3 Å². The van der Waals surface area contributed by atoms with E-state index in [0.717, 1.165) is 17.2 Å². The highest BCUT2D eigenvalue weighted by Gasteiger charge is 2.02. The van der Waals surface area contributed by atoms with E-state index in [-0.39, 0.29) is 5.91 Å². The fourth-order valence-corrected chi connectivity index (χ4v) is 2.89. The average Bonchev–Trinajstić information content (AvgIpc) is 2.53. The Kier molecular flexibility index (Phi) is 6.81. The summed E-state index contributed by atoms with van der Waals surface area (Å²) in [5.41, 5.74) is 2.45. The molecule has 0 radical (unpaired) electrons. The monoisotopic (exact) mass is 333 g/mol. The second kappa shape index (κ2) is 8.86. The van der Waals surface area contributed by atoms with Gasteiger partial charge in [0.25, 0.3) is 0 Å². The van der Waals surface area contributed by atoms with Gasteiger partial charge in [0.2, 0.25) is 5.91 Å². The summed E-state index contributed by atoms with van der Waals surface area (Å²) in [7, 11) is 0. The van der Waals surface area contributed by atoms with Crippen LogP contribution < -0.4 is 5.32 Å². The molecule has 0 bridgehead atoms. The van der Waals surface area contributed by atoms with Gasteiger partial charge in [0, 0.05) is 28.6 Å². The summed E-state index contributed by atoms with van der Waals surface area (Å²) in [6, 6.07) is 16.1. The molecule has 2 aromatic rings. The highest BCUT2D eigenvalue weighted by molar-refractivity contribution is 7.99. The third kappa shape index (κ3) is 6.12. The van der Waals surface area contributed by atoms with Crippen LogP contribution in [0.25, 0.3) is 0 Å². The zero-order valence-electron chi connectivity index (χ0n) is 12.6. The van der Waals surface area contributed by atoms with Crippen LogP contribution in [-0.4, -0.2) is 18.2 Å². The lowest BCUT2D eigenvalue weighted by Gasteiger charge is -2.06. The van der Waals surface area contributed by atoms with Gasteiger partial charge in [-0.2, -0.15) is 0 Å². The topological polar surface area (TPSA) is 29.1 Å². The Hall–Kier alpha value is -1.45. The number of hydrogen-bond acceptors (Lipinski definition) is 2. The molecule has 0 aliphatic rings. The molecule has 0 aliphatic carbocycles. The van der Waals surface area contributed by atoms with Crippen molar-refractivity contribution in [2.75, 3.05) is 12.3 Å². The molecule has 0 heterocycles. The number of benzene rings is 2. The summed E-state index contributed by atoms with van der Waals surface area (Å²) in [6.07, 6.45) is 1.32. The predicted molar refractivity (Wildman–Crippen MR) is 94.7 cm³/mol. The average molecular weight is 334 g/mol. The fraction of sp³-hybridized carbons (Fsp3) is 0.278. The van der Waals surface area contributed by atoms with Crippen LogP contribution in [-0.2, 0) is 11.2 Å². The third-order valence-corrected chi connectivity index (χ3v) is 4.53. The Bertz CT molecular complexity index is 595. The second-order valence-electron chi connectivity index (χ2n) is 5.14. The van der Waals surface area contributed by atoms with Crippen LogP contribution in [0.3, 0.4) is 0 Å². The zero-order chi connectivity index (χ0) is 15.8. The van der Waals surface area contributed by atoms with Gasteiger partial charge >= 0.3 is 0 Å². The molecule has 1 N–H and O–H groups in total. The third-order valence-electron chi connectivity index (χ3n) is 3.27. The lowest BCUT2D eigenvalue weighted by molar-refractivity contribution is -0.120. The molecule has 0 aliphatic heterocycles. The lowest BCUT2D eigenvalue weighted by atomic mass is 10.1. The van der Waals surface area contributed by atoms with Crippen molar-refractivity contribution in [3.8, 4) is 0 Å². The van der Waals surface area contributed by atoms with E-state index in [1.54, 1.807) is 11.8 Å². The highest BCUT2D eigenvalue weighted by Crippen LogP contribution is 2.19. The first-order valence-corrected chi connectivity index (χ1v) is 8.70.